The van der Waals surface area contributed by atoms with E-state index < -0.39 is 0 Å². The molecule has 2 fully saturated rings. The van der Waals surface area contributed by atoms with E-state index in [9.17, 15) is 4.79 Å². The van der Waals surface area contributed by atoms with E-state index in [0.29, 0.717) is 24.2 Å². The van der Waals surface area contributed by atoms with E-state index in [0.717, 1.165) is 58.3 Å². The number of benzene rings is 2. The van der Waals surface area contributed by atoms with Gasteiger partial charge in [-0.2, -0.15) is 0 Å². The van der Waals surface area contributed by atoms with Crippen LogP contribution in [0.25, 0.3) is 11.1 Å². The highest BCUT2D eigenvalue weighted by Gasteiger charge is 2.34. The number of hydrogen-bond donors (Lipinski definition) is 0. The number of rotatable bonds is 7. The summed E-state index contributed by atoms with van der Waals surface area (Å²) in [6, 6.07) is 18.2. The van der Waals surface area contributed by atoms with E-state index >= 15 is 0 Å². The maximum Gasteiger partial charge on any atom is 0.209 e. The van der Waals surface area contributed by atoms with E-state index in [2.05, 4.69) is 86.9 Å². The molecule has 2 aliphatic heterocycles. The molecule has 0 saturated carbocycles. The Morgan fingerprint density at radius 3 is 2.15 bits per heavy atom. The molecule has 0 aromatic heterocycles. The topological polar surface area (TPSA) is 26.8 Å². The lowest BCUT2D eigenvalue weighted by molar-refractivity contribution is -0.122. The zero-order valence-electron chi connectivity index (χ0n) is 21.8. The quantitative estimate of drug-likeness (QED) is 0.506. The first-order valence-electron chi connectivity index (χ1n) is 13.4. The van der Waals surface area contributed by atoms with E-state index in [1.165, 1.54) is 27.8 Å². The molecule has 2 aliphatic rings. The summed E-state index contributed by atoms with van der Waals surface area (Å²) >= 11 is 0. The van der Waals surface area contributed by atoms with Crippen molar-refractivity contribution < 1.29 is 4.79 Å². The van der Waals surface area contributed by atoms with Gasteiger partial charge in [0.15, 0.2) is 0 Å². The van der Waals surface area contributed by atoms with E-state index in [-0.39, 0.29) is 0 Å². The van der Waals surface area contributed by atoms with E-state index in [1.807, 2.05) is 4.90 Å². The van der Waals surface area contributed by atoms with Gasteiger partial charge >= 0.3 is 0 Å². The van der Waals surface area contributed by atoms with Crippen LogP contribution in [0.2, 0.25) is 0 Å². The van der Waals surface area contributed by atoms with Crippen molar-refractivity contribution in [3.8, 4) is 11.1 Å². The van der Waals surface area contributed by atoms with Gasteiger partial charge in [0.25, 0.3) is 0 Å². The summed E-state index contributed by atoms with van der Waals surface area (Å²) in [5, 5.41) is 0. The molecule has 4 heteroatoms. The Hall–Kier alpha value is -2.17. The normalized spacial score (nSPS) is 25.3. The number of carbonyl (C=O) groups is 1. The Bertz CT molecular complexity index is 934. The lowest BCUT2D eigenvalue weighted by Gasteiger charge is -2.48. The van der Waals surface area contributed by atoms with Crippen LogP contribution < -0.4 is 0 Å². The summed E-state index contributed by atoms with van der Waals surface area (Å²) < 4.78 is 0. The van der Waals surface area contributed by atoms with E-state index in [4.69, 9.17) is 0 Å². The Kier molecular flexibility index (Phi) is 8.10. The minimum absolute atomic E-state index is 0.355. The van der Waals surface area contributed by atoms with Crippen LogP contribution in [0.5, 0.6) is 0 Å². The summed E-state index contributed by atoms with van der Waals surface area (Å²) in [4.78, 5) is 18.5. The summed E-state index contributed by atoms with van der Waals surface area (Å²) in [6.45, 7) is 15.6. The molecule has 0 aliphatic carbocycles. The van der Waals surface area contributed by atoms with Crippen LogP contribution in [-0.4, -0.2) is 65.4 Å². The van der Waals surface area contributed by atoms with Crippen molar-refractivity contribution in [1.29, 1.82) is 0 Å². The molecule has 0 N–H and O–H groups in total. The summed E-state index contributed by atoms with van der Waals surface area (Å²) in [5.74, 6) is 0. The van der Waals surface area contributed by atoms with Gasteiger partial charge in [-0.3, -0.25) is 14.6 Å². The van der Waals surface area contributed by atoms with Gasteiger partial charge in [-0.25, -0.2) is 0 Å². The molecule has 4 atom stereocenters. The molecule has 4 rings (SSSR count). The Morgan fingerprint density at radius 1 is 0.912 bits per heavy atom. The van der Waals surface area contributed by atoms with Crippen LogP contribution >= 0.6 is 0 Å². The number of likely N-dealkylation sites (tertiary alicyclic amines) is 1. The molecule has 34 heavy (non-hydrogen) atoms. The van der Waals surface area contributed by atoms with Crippen molar-refractivity contribution in [3.05, 3.63) is 59.2 Å². The standard InChI is InChI=1S/C30H43N3O/c1-6-25-17-26(7-2)19-29(18-25)28-10-8-27(9-11-28)24(5)33-15-14-31(20-23(33)4)30-12-13-32(21-34)22(3)16-30/h8-11,17-19,21-24,30H,6-7,12-16,20H2,1-5H3/t22?,23-,24+,30?/m1/s1. The third kappa shape index (κ3) is 5.39. The van der Waals surface area contributed by atoms with Gasteiger partial charge in [-0.15, -0.1) is 0 Å². The van der Waals surface area contributed by atoms with Crippen LogP contribution in [0.4, 0.5) is 0 Å². The molecular weight excluding hydrogens is 418 g/mol. The smallest absolute Gasteiger partial charge is 0.209 e. The largest absolute Gasteiger partial charge is 0.342 e. The number of amides is 1. The summed E-state index contributed by atoms with van der Waals surface area (Å²) in [7, 11) is 0. The number of piperazine rings is 1. The lowest BCUT2D eigenvalue weighted by atomic mass is 9.94. The first-order chi connectivity index (χ1) is 16.4. The van der Waals surface area contributed by atoms with Crippen molar-refractivity contribution in [3.63, 3.8) is 0 Å². The summed E-state index contributed by atoms with van der Waals surface area (Å²) in [6.07, 6.45) is 5.38. The third-order valence-corrected chi connectivity index (χ3v) is 8.35. The highest BCUT2D eigenvalue weighted by Crippen LogP contribution is 2.30. The highest BCUT2D eigenvalue weighted by atomic mass is 16.1. The van der Waals surface area contributed by atoms with Crippen molar-refractivity contribution in [2.75, 3.05) is 26.2 Å². The SMILES string of the molecule is CCc1cc(CC)cc(-c2ccc([C@H](C)N3CCN(C4CCN(C=O)C(C)C4)C[C@H]3C)cc2)c1. The first kappa shape index (κ1) is 24.9. The van der Waals surface area contributed by atoms with Gasteiger partial charge in [0, 0.05) is 50.3 Å². The molecular formula is C30H43N3O. The third-order valence-electron chi connectivity index (χ3n) is 8.35. The second-order valence-electron chi connectivity index (χ2n) is 10.5. The van der Waals surface area contributed by atoms with Crippen molar-refractivity contribution in [2.24, 2.45) is 0 Å². The molecule has 2 saturated heterocycles. The van der Waals surface area contributed by atoms with Gasteiger partial charge in [0.05, 0.1) is 0 Å². The van der Waals surface area contributed by atoms with Gasteiger partial charge in [-0.05, 0) is 74.3 Å². The number of carbonyl (C=O) groups excluding carboxylic acids is 1. The molecule has 2 heterocycles. The minimum Gasteiger partial charge on any atom is -0.342 e. The number of hydrogen-bond acceptors (Lipinski definition) is 3. The maximum absolute atomic E-state index is 11.2. The van der Waals surface area contributed by atoms with Crippen LogP contribution in [0.1, 0.15) is 70.2 Å². The molecule has 2 aromatic rings. The van der Waals surface area contributed by atoms with Crippen molar-refractivity contribution >= 4 is 6.41 Å². The van der Waals surface area contributed by atoms with Crippen LogP contribution in [-0.2, 0) is 17.6 Å². The van der Waals surface area contributed by atoms with E-state index in [1.54, 1.807) is 0 Å². The Balaban J connectivity index is 1.40. The van der Waals surface area contributed by atoms with Crippen LogP contribution in [0.3, 0.4) is 0 Å². The Morgan fingerprint density at radius 2 is 1.59 bits per heavy atom. The average Bonchev–Trinajstić information content (AvgIpc) is 2.87. The highest BCUT2D eigenvalue weighted by molar-refractivity contribution is 5.65. The second-order valence-corrected chi connectivity index (χ2v) is 10.5. The van der Waals surface area contributed by atoms with Gasteiger partial charge in [-0.1, -0.05) is 56.3 Å². The zero-order chi connectivity index (χ0) is 24.2. The first-order valence-corrected chi connectivity index (χ1v) is 13.4. The van der Waals surface area contributed by atoms with Crippen molar-refractivity contribution in [2.45, 2.75) is 84.5 Å². The molecule has 184 valence electrons. The molecule has 4 nitrogen and oxygen atoms in total. The van der Waals surface area contributed by atoms with Crippen molar-refractivity contribution in [1.82, 2.24) is 14.7 Å². The molecule has 1 amide bonds. The van der Waals surface area contributed by atoms with Gasteiger partial charge in [0.1, 0.15) is 0 Å². The number of aryl methyl sites for hydroxylation is 2. The average molecular weight is 462 g/mol. The predicted molar refractivity (Wildman–Crippen MR) is 142 cm³/mol. The van der Waals surface area contributed by atoms with Crippen LogP contribution in [0, 0.1) is 0 Å². The fourth-order valence-corrected chi connectivity index (χ4v) is 6.04. The molecule has 2 unspecified atom stereocenters. The minimum atomic E-state index is 0.355. The lowest BCUT2D eigenvalue weighted by Crippen LogP contribution is -2.57. The second kappa shape index (κ2) is 11.0. The van der Waals surface area contributed by atoms with Gasteiger partial charge in [0.2, 0.25) is 6.41 Å². The molecule has 2 aromatic carbocycles. The number of piperidine rings is 1. The summed E-state index contributed by atoms with van der Waals surface area (Å²) in [5.41, 5.74) is 6.90. The zero-order valence-corrected chi connectivity index (χ0v) is 21.8. The Labute approximate surface area is 206 Å². The maximum atomic E-state index is 11.2. The van der Waals surface area contributed by atoms with Gasteiger partial charge < -0.3 is 4.90 Å². The predicted octanol–water partition coefficient (Wildman–Crippen LogP) is 5.55. The fourth-order valence-electron chi connectivity index (χ4n) is 6.04. The molecule has 0 spiro atoms. The van der Waals surface area contributed by atoms with Crippen LogP contribution in [0.15, 0.2) is 42.5 Å². The fraction of sp³-hybridized carbons (Fsp3) is 0.567. The molecule has 0 radical (unpaired) electrons. The number of nitrogens with zero attached hydrogens (tertiary/aromatic N) is 3. The monoisotopic (exact) mass is 461 g/mol. The molecule has 0 bridgehead atoms.